The number of nitrogens with zero attached hydrogens (tertiary/aromatic N) is 3. The van der Waals surface area contributed by atoms with Crippen LogP contribution in [0.4, 0.5) is 0 Å². The average Bonchev–Trinajstić information content (AvgIpc) is 3.62. The summed E-state index contributed by atoms with van der Waals surface area (Å²) in [5.41, 5.74) is 0.226. The highest BCUT2D eigenvalue weighted by Crippen LogP contribution is 2.33. The van der Waals surface area contributed by atoms with Gasteiger partial charge in [-0.25, -0.2) is 9.97 Å². The Balaban J connectivity index is 1.47. The van der Waals surface area contributed by atoms with Crippen molar-refractivity contribution < 1.29 is 13.7 Å². The molecule has 236 valence electrons. The van der Waals surface area contributed by atoms with Gasteiger partial charge in [0.1, 0.15) is 0 Å². The lowest BCUT2D eigenvalue weighted by Crippen LogP contribution is -2.74. The molecule has 50 heavy (non-hydrogen) atoms. The summed E-state index contributed by atoms with van der Waals surface area (Å²) in [6.45, 7) is 0. The lowest BCUT2D eigenvalue weighted by Gasteiger charge is -2.34. The molecule has 2 aromatic heterocycles. The van der Waals surface area contributed by atoms with Crippen LogP contribution >= 0.6 is 0 Å². The molecule has 2 heterocycles. The second-order valence-corrected chi connectivity index (χ2v) is 15.5. The first-order chi connectivity index (χ1) is 29.0. The van der Waals surface area contributed by atoms with E-state index in [1.165, 1.54) is 0 Å². The van der Waals surface area contributed by atoms with Crippen LogP contribution in [0.5, 0.6) is 0 Å². The van der Waals surface area contributed by atoms with E-state index in [0.29, 0.717) is 11.0 Å². The van der Waals surface area contributed by atoms with Gasteiger partial charge in [-0.3, -0.25) is 4.57 Å². The molecular weight excluding hydrogens is 623 g/mol. The third-order valence-electron chi connectivity index (χ3n) is 9.03. The van der Waals surface area contributed by atoms with Gasteiger partial charge in [0.25, 0.3) is 0 Å². The molecule has 4 heteroatoms. The Morgan fingerprint density at radius 3 is 1.42 bits per heavy atom. The molecule has 0 unspecified atom stereocenters. The molecule has 0 bridgehead atoms. The Kier molecular flexibility index (Phi) is 5.26. The summed E-state index contributed by atoms with van der Waals surface area (Å²) >= 11 is 0. The molecule has 0 saturated heterocycles. The minimum Gasteiger partial charge on any atom is -0.278 e. The highest BCUT2D eigenvalue weighted by atomic mass is 28.3. The van der Waals surface area contributed by atoms with E-state index in [1.807, 2.05) is 140 Å². The van der Waals surface area contributed by atoms with E-state index in [9.17, 15) is 6.85 Å². The van der Waals surface area contributed by atoms with Gasteiger partial charge in [-0.05, 0) is 38.9 Å². The maximum absolute atomic E-state index is 10.2. The van der Waals surface area contributed by atoms with Gasteiger partial charge in [-0.1, -0.05) is 182 Å². The van der Waals surface area contributed by atoms with E-state index in [-0.39, 0.29) is 45.7 Å². The molecule has 0 aliphatic heterocycles. The number of para-hydroxylation sites is 2. The second-order valence-electron chi connectivity index (χ2n) is 11.8. The highest BCUT2D eigenvalue weighted by molar-refractivity contribution is 7.19. The summed E-state index contributed by atoms with van der Waals surface area (Å²) in [5.74, 6) is -0.0419. The van der Waals surface area contributed by atoms with Gasteiger partial charge in [0.05, 0.1) is 36.1 Å². The fraction of sp³-hybridized carbons (Fsp3) is 0. The van der Waals surface area contributed by atoms with Crippen LogP contribution in [-0.4, -0.2) is 22.6 Å². The van der Waals surface area contributed by atoms with Crippen molar-refractivity contribution in [1.29, 1.82) is 0 Å². The van der Waals surface area contributed by atoms with Crippen molar-refractivity contribution in [2.45, 2.75) is 0 Å². The SMILES string of the molecule is [2H]c1c(-c2c([2H])c([2H])c([2H])c([2H])c2[2H])nc(-n2c3ccccc3c3ccccc32)nc1-c1c([2H])c([2H])c([2H])c([Si](c2ccccc2)(c2ccccc2)c2ccccc2)c1[2H]. The second kappa shape index (κ2) is 12.6. The largest absolute Gasteiger partial charge is 0.278 e. The number of hydrogen-bond donors (Lipinski definition) is 0. The summed E-state index contributed by atoms with van der Waals surface area (Å²) in [6, 6.07) is 38.8. The van der Waals surface area contributed by atoms with Crippen LogP contribution in [0.3, 0.4) is 0 Å². The summed E-state index contributed by atoms with van der Waals surface area (Å²) in [6.07, 6.45) is 0. The molecular formula is C46H33N3Si. The molecule has 0 aliphatic rings. The standard InChI is InChI=1S/C46H33N3Si/c1-5-18-34(19-6-1)42-33-43(48-46(47-42)49-44-30-15-13-28-40(44)41-29-14-16-31-45(41)49)35-20-17-27-39(32-35)50(36-21-7-2-8-22-36,37-23-9-3-10-24-37)38-25-11-4-12-26-38/h1-33H/i1D,5D,6D,17D,18D,19D,20D,27D,32D,33D. The smallest absolute Gasteiger partial charge is 0.235 e. The first-order valence-electron chi connectivity index (χ1n) is 21.2. The summed E-state index contributed by atoms with van der Waals surface area (Å²) in [4.78, 5) is 9.79. The average molecular weight is 666 g/mol. The van der Waals surface area contributed by atoms with E-state index >= 15 is 0 Å². The van der Waals surface area contributed by atoms with Gasteiger partial charge in [-0.15, -0.1) is 0 Å². The van der Waals surface area contributed by atoms with E-state index < -0.39 is 56.4 Å². The van der Waals surface area contributed by atoms with Crippen molar-refractivity contribution in [2.24, 2.45) is 0 Å². The van der Waals surface area contributed by atoms with Gasteiger partial charge < -0.3 is 0 Å². The van der Waals surface area contributed by atoms with Crippen LogP contribution in [0.1, 0.15) is 13.7 Å². The van der Waals surface area contributed by atoms with Gasteiger partial charge in [0.2, 0.25) is 5.95 Å². The normalized spacial score (nSPS) is 14.4. The van der Waals surface area contributed by atoms with E-state index in [2.05, 4.69) is 0 Å². The predicted molar refractivity (Wildman–Crippen MR) is 211 cm³/mol. The first-order valence-corrected chi connectivity index (χ1v) is 18.2. The van der Waals surface area contributed by atoms with Crippen molar-refractivity contribution in [3.63, 3.8) is 0 Å². The van der Waals surface area contributed by atoms with Crippen molar-refractivity contribution in [3.05, 3.63) is 200 Å². The fourth-order valence-electron chi connectivity index (χ4n) is 6.88. The molecule has 0 aliphatic carbocycles. The van der Waals surface area contributed by atoms with Crippen LogP contribution in [0, 0.1) is 0 Å². The number of benzene rings is 7. The Hall–Kier alpha value is -6.36. The molecule has 9 aromatic rings. The van der Waals surface area contributed by atoms with Crippen LogP contribution in [-0.2, 0) is 0 Å². The minimum atomic E-state index is -3.70. The maximum Gasteiger partial charge on any atom is 0.235 e. The Morgan fingerprint density at radius 1 is 0.420 bits per heavy atom. The maximum atomic E-state index is 10.2. The lowest BCUT2D eigenvalue weighted by atomic mass is 10.1. The topological polar surface area (TPSA) is 30.7 Å². The van der Waals surface area contributed by atoms with Crippen LogP contribution in [0.15, 0.2) is 200 Å². The molecule has 0 atom stereocenters. The third kappa shape index (κ3) is 4.97. The zero-order chi connectivity index (χ0) is 42.0. The van der Waals surface area contributed by atoms with Crippen LogP contribution < -0.4 is 20.7 Å². The first kappa shape index (κ1) is 20.9. The zero-order valence-corrected chi connectivity index (χ0v) is 27.6. The summed E-state index contributed by atoms with van der Waals surface area (Å²) in [5, 5.41) is 4.41. The van der Waals surface area contributed by atoms with E-state index in [1.54, 1.807) is 4.57 Å². The molecule has 0 spiro atoms. The van der Waals surface area contributed by atoms with Gasteiger partial charge in [0, 0.05) is 21.9 Å². The van der Waals surface area contributed by atoms with Crippen LogP contribution in [0.25, 0.3) is 50.3 Å². The highest BCUT2D eigenvalue weighted by Gasteiger charge is 2.41. The predicted octanol–water partition coefficient (Wildman–Crippen LogP) is 8.29. The van der Waals surface area contributed by atoms with Gasteiger partial charge in [0.15, 0.2) is 8.07 Å². The minimum absolute atomic E-state index is 0.0419. The van der Waals surface area contributed by atoms with Crippen LogP contribution in [0.2, 0.25) is 0 Å². The molecule has 0 radical (unpaired) electrons. The zero-order valence-electron chi connectivity index (χ0n) is 36.6. The molecule has 0 saturated carbocycles. The number of fused-ring (bicyclic) bond motifs is 3. The van der Waals surface area contributed by atoms with Crippen molar-refractivity contribution >= 4 is 50.6 Å². The summed E-state index contributed by atoms with van der Waals surface area (Å²) < 4.78 is 93.5. The fourth-order valence-corrected chi connectivity index (χ4v) is 11.4. The van der Waals surface area contributed by atoms with Crippen molar-refractivity contribution in [3.8, 4) is 28.5 Å². The lowest BCUT2D eigenvalue weighted by molar-refractivity contribution is 0.996. The Labute approximate surface area is 306 Å². The molecule has 3 nitrogen and oxygen atoms in total. The number of aromatic nitrogens is 3. The van der Waals surface area contributed by atoms with Crippen molar-refractivity contribution in [1.82, 2.24) is 14.5 Å². The number of rotatable bonds is 7. The molecule has 0 fully saturated rings. The molecule has 7 aromatic carbocycles. The third-order valence-corrected chi connectivity index (χ3v) is 13.6. The number of hydrogen-bond acceptors (Lipinski definition) is 2. The summed E-state index contributed by atoms with van der Waals surface area (Å²) in [7, 11) is -3.70. The Bertz CT molecular complexity index is 2980. The monoisotopic (exact) mass is 665 g/mol. The van der Waals surface area contributed by atoms with Gasteiger partial charge >= 0.3 is 0 Å². The van der Waals surface area contributed by atoms with Gasteiger partial charge in [-0.2, -0.15) is 0 Å². The molecule has 9 rings (SSSR count). The van der Waals surface area contributed by atoms with E-state index in [0.717, 1.165) is 26.3 Å². The molecule has 0 N–H and O–H groups in total. The quantitative estimate of drug-likeness (QED) is 0.127. The van der Waals surface area contributed by atoms with E-state index in [4.69, 9.17) is 16.8 Å². The molecule has 0 amide bonds. The van der Waals surface area contributed by atoms with Crippen molar-refractivity contribution in [2.75, 3.05) is 0 Å². The Morgan fingerprint density at radius 2 is 0.880 bits per heavy atom.